The highest BCUT2D eigenvalue weighted by Gasteiger charge is 2.18. The molecule has 0 saturated carbocycles. The maximum atomic E-state index is 13.6. The van der Waals surface area contributed by atoms with Gasteiger partial charge in [-0.1, -0.05) is 6.07 Å². The van der Waals surface area contributed by atoms with Gasteiger partial charge in [-0.25, -0.2) is 13.5 Å². The third-order valence-electron chi connectivity index (χ3n) is 2.74. The van der Waals surface area contributed by atoms with Crippen LogP contribution in [0.1, 0.15) is 10.6 Å². The predicted molar refractivity (Wildman–Crippen MR) is 66.0 cm³/mol. The summed E-state index contributed by atoms with van der Waals surface area (Å²) in [7, 11) is 0. The number of aromatic nitrogens is 2. The molecule has 20 heavy (non-hydrogen) atoms. The summed E-state index contributed by atoms with van der Waals surface area (Å²) in [5, 5.41) is 3.77. The number of nitrogens with zero attached hydrogens (tertiary/aromatic N) is 2. The standard InChI is InChI=1S/C14H8F2N2O2/c15-9-3-1-4-10(16)13(9)11-5-6-12(20-11)14(19)18-8-2-7-17-18/h1-8H. The minimum absolute atomic E-state index is 0.0453. The largest absolute Gasteiger partial charge is 0.451 e. The molecule has 100 valence electrons. The fourth-order valence-electron chi connectivity index (χ4n) is 1.82. The van der Waals surface area contributed by atoms with Gasteiger partial charge in [0.05, 0.1) is 5.56 Å². The highest BCUT2D eigenvalue weighted by molar-refractivity contribution is 5.93. The molecule has 0 atom stereocenters. The quantitative estimate of drug-likeness (QED) is 0.721. The van der Waals surface area contributed by atoms with Gasteiger partial charge >= 0.3 is 5.91 Å². The van der Waals surface area contributed by atoms with Gasteiger partial charge < -0.3 is 4.42 Å². The van der Waals surface area contributed by atoms with Gasteiger partial charge in [0.2, 0.25) is 0 Å². The molecule has 2 aromatic heterocycles. The van der Waals surface area contributed by atoms with Crippen molar-refractivity contribution in [2.45, 2.75) is 0 Å². The van der Waals surface area contributed by atoms with Crippen molar-refractivity contribution in [3.05, 3.63) is 66.2 Å². The second-order valence-corrected chi connectivity index (χ2v) is 4.02. The van der Waals surface area contributed by atoms with Crippen molar-refractivity contribution in [3.8, 4) is 11.3 Å². The first-order chi connectivity index (χ1) is 9.66. The molecule has 6 heteroatoms. The van der Waals surface area contributed by atoms with Crippen LogP contribution < -0.4 is 0 Å². The van der Waals surface area contributed by atoms with Gasteiger partial charge in [-0.3, -0.25) is 4.79 Å². The molecule has 0 radical (unpaired) electrons. The van der Waals surface area contributed by atoms with Crippen LogP contribution in [0.2, 0.25) is 0 Å². The van der Waals surface area contributed by atoms with Crippen molar-refractivity contribution in [3.63, 3.8) is 0 Å². The van der Waals surface area contributed by atoms with E-state index in [0.29, 0.717) is 0 Å². The molecule has 1 aromatic carbocycles. The lowest BCUT2D eigenvalue weighted by molar-refractivity contribution is 0.0918. The molecule has 0 amide bonds. The van der Waals surface area contributed by atoms with Crippen LogP contribution in [-0.4, -0.2) is 15.7 Å². The fourth-order valence-corrected chi connectivity index (χ4v) is 1.82. The predicted octanol–water partition coefficient (Wildman–Crippen LogP) is 3.11. The van der Waals surface area contributed by atoms with Crippen LogP contribution >= 0.6 is 0 Å². The maximum absolute atomic E-state index is 13.6. The number of carbonyl (C=O) groups is 1. The number of benzene rings is 1. The average molecular weight is 274 g/mol. The van der Waals surface area contributed by atoms with Gasteiger partial charge in [0.15, 0.2) is 5.76 Å². The second-order valence-electron chi connectivity index (χ2n) is 4.02. The highest BCUT2D eigenvalue weighted by atomic mass is 19.1. The van der Waals surface area contributed by atoms with Crippen molar-refractivity contribution in [2.24, 2.45) is 0 Å². The summed E-state index contributed by atoms with van der Waals surface area (Å²) in [6.07, 6.45) is 2.90. The molecule has 4 nitrogen and oxygen atoms in total. The van der Waals surface area contributed by atoms with Crippen molar-refractivity contribution < 1.29 is 18.0 Å². The molecule has 3 rings (SSSR count). The Kier molecular flexibility index (Phi) is 2.90. The molecule has 0 aliphatic heterocycles. The Labute approximate surface area is 112 Å². The molecule has 0 saturated heterocycles. The molecule has 0 spiro atoms. The Bertz CT molecular complexity index is 743. The monoisotopic (exact) mass is 274 g/mol. The summed E-state index contributed by atoms with van der Waals surface area (Å²) >= 11 is 0. The van der Waals surface area contributed by atoms with Gasteiger partial charge in [0.1, 0.15) is 17.4 Å². The molecule has 0 bridgehead atoms. The third-order valence-corrected chi connectivity index (χ3v) is 2.74. The summed E-state index contributed by atoms with van der Waals surface area (Å²) in [6.45, 7) is 0. The van der Waals surface area contributed by atoms with Crippen LogP contribution in [-0.2, 0) is 0 Å². The minimum Gasteiger partial charge on any atom is -0.451 e. The number of halogens is 2. The summed E-state index contributed by atoms with van der Waals surface area (Å²) in [5.41, 5.74) is -0.299. The Morgan fingerprint density at radius 3 is 2.50 bits per heavy atom. The first-order valence-corrected chi connectivity index (χ1v) is 5.75. The Balaban J connectivity index is 2.01. The highest BCUT2D eigenvalue weighted by Crippen LogP contribution is 2.27. The van der Waals surface area contributed by atoms with Crippen LogP contribution in [0.3, 0.4) is 0 Å². The maximum Gasteiger partial charge on any atom is 0.313 e. The first-order valence-electron chi connectivity index (χ1n) is 5.75. The summed E-state index contributed by atoms with van der Waals surface area (Å²) in [5.74, 6) is -2.12. The molecule has 0 aliphatic rings. The summed E-state index contributed by atoms with van der Waals surface area (Å²) < 4.78 is 33.5. The lowest BCUT2D eigenvalue weighted by Crippen LogP contribution is -2.11. The zero-order valence-electron chi connectivity index (χ0n) is 10.1. The number of rotatable bonds is 2. The van der Waals surface area contributed by atoms with Gasteiger partial charge in [-0.05, 0) is 30.3 Å². The van der Waals surface area contributed by atoms with Crippen LogP contribution in [0.5, 0.6) is 0 Å². The van der Waals surface area contributed by atoms with Gasteiger partial charge in [0, 0.05) is 12.4 Å². The molecule has 3 aromatic rings. The van der Waals surface area contributed by atoms with Crippen LogP contribution in [0, 0.1) is 11.6 Å². The van der Waals surface area contributed by atoms with E-state index in [1.165, 1.54) is 30.6 Å². The Morgan fingerprint density at radius 1 is 1.10 bits per heavy atom. The third kappa shape index (κ3) is 2.01. The van der Waals surface area contributed by atoms with Gasteiger partial charge in [-0.15, -0.1) is 0 Å². The summed E-state index contributed by atoms with van der Waals surface area (Å²) in [4.78, 5) is 11.9. The topological polar surface area (TPSA) is 48.0 Å². The molecular weight excluding hydrogens is 266 g/mol. The molecule has 0 aliphatic carbocycles. The van der Waals surface area contributed by atoms with E-state index in [-0.39, 0.29) is 17.1 Å². The Morgan fingerprint density at radius 2 is 1.85 bits per heavy atom. The van der Waals surface area contributed by atoms with E-state index >= 15 is 0 Å². The Hall–Kier alpha value is -2.76. The van der Waals surface area contributed by atoms with E-state index in [1.54, 1.807) is 6.07 Å². The SMILES string of the molecule is O=C(c1ccc(-c2c(F)cccc2F)o1)n1cccn1. The van der Waals surface area contributed by atoms with E-state index in [0.717, 1.165) is 16.8 Å². The van der Waals surface area contributed by atoms with Crippen molar-refractivity contribution in [1.29, 1.82) is 0 Å². The van der Waals surface area contributed by atoms with E-state index in [9.17, 15) is 13.6 Å². The number of hydrogen-bond acceptors (Lipinski definition) is 3. The van der Waals surface area contributed by atoms with Crippen molar-refractivity contribution >= 4 is 5.91 Å². The molecular formula is C14H8F2N2O2. The fraction of sp³-hybridized carbons (Fsp3) is 0. The molecule has 0 N–H and O–H groups in total. The van der Waals surface area contributed by atoms with Crippen LogP contribution in [0.4, 0.5) is 8.78 Å². The van der Waals surface area contributed by atoms with E-state index in [4.69, 9.17) is 4.42 Å². The molecule has 2 heterocycles. The lowest BCUT2D eigenvalue weighted by Gasteiger charge is -2.01. The minimum atomic E-state index is -0.752. The lowest BCUT2D eigenvalue weighted by atomic mass is 10.1. The van der Waals surface area contributed by atoms with E-state index in [1.807, 2.05) is 0 Å². The number of hydrogen-bond donors (Lipinski definition) is 0. The van der Waals surface area contributed by atoms with Crippen LogP contribution in [0.25, 0.3) is 11.3 Å². The van der Waals surface area contributed by atoms with E-state index in [2.05, 4.69) is 5.10 Å². The molecule has 0 unspecified atom stereocenters. The smallest absolute Gasteiger partial charge is 0.313 e. The van der Waals surface area contributed by atoms with Crippen molar-refractivity contribution in [1.82, 2.24) is 9.78 Å². The van der Waals surface area contributed by atoms with Crippen LogP contribution in [0.15, 0.2) is 53.2 Å². The first kappa shape index (κ1) is 12.3. The molecule has 0 fully saturated rings. The number of furan rings is 1. The average Bonchev–Trinajstić information content (AvgIpc) is 3.09. The zero-order valence-corrected chi connectivity index (χ0v) is 10.1. The van der Waals surface area contributed by atoms with Gasteiger partial charge in [-0.2, -0.15) is 5.10 Å². The normalized spacial score (nSPS) is 10.7. The van der Waals surface area contributed by atoms with Crippen molar-refractivity contribution in [2.75, 3.05) is 0 Å². The summed E-state index contributed by atoms with van der Waals surface area (Å²) in [6, 6.07) is 7.78. The number of carbonyl (C=O) groups excluding carboxylic acids is 1. The zero-order chi connectivity index (χ0) is 14.1. The van der Waals surface area contributed by atoms with E-state index < -0.39 is 17.5 Å². The second kappa shape index (κ2) is 4.73. The van der Waals surface area contributed by atoms with Gasteiger partial charge in [0.25, 0.3) is 0 Å².